The Hall–Kier alpha value is -10.3. The Kier molecular flexibility index (Phi) is 21.9. The van der Waals surface area contributed by atoms with Gasteiger partial charge in [0, 0.05) is 45.0 Å². The van der Waals surface area contributed by atoms with E-state index in [0.717, 1.165) is 89.5 Å². The molecule has 3 heterocycles. The lowest BCUT2D eigenvalue weighted by Gasteiger charge is -2.32. The summed E-state index contributed by atoms with van der Waals surface area (Å²) in [5.74, 6) is -0.449. The van der Waals surface area contributed by atoms with Crippen LogP contribution in [0, 0.1) is 0 Å². The number of halogens is 3. The van der Waals surface area contributed by atoms with Crippen molar-refractivity contribution in [3.05, 3.63) is 315 Å². The van der Waals surface area contributed by atoms with E-state index in [0.29, 0.717) is 5.69 Å². The molecule has 0 atom stereocenters. The predicted octanol–water partition coefficient (Wildman–Crippen LogP) is 23.1. The van der Waals surface area contributed by atoms with Crippen molar-refractivity contribution in [3.63, 3.8) is 0 Å². The number of nitrogens with zero attached hydrogens (tertiary/aromatic N) is 2. The van der Waals surface area contributed by atoms with Crippen LogP contribution in [0.1, 0.15) is 83.1 Å². The van der Waals surface area contributed by atoms with Crippen LogP contribution < -0.4 is 19.4 Å². The number of benzene rings is 12. The summed E-state index contributed by atoms with van der Waals surface area (Å²) in [7, 11) is -7.19. The van der Waals surface area contributed by atoms with Gasteiger partial charge in [-0.25, -0.2) is 0 Å². The van der Waals surface area contributed by atoms with Crippen LogP contribution in [0.2, 0.25) is 0 Å². The van der Waals surface area contributed by atoms with Gasteiger partial charge in [-0.05, 0) is 194 Å². The Morgan fingerprint density at radius 2 is 0.514 bits per heavy atom. The quantitative estimate of drug-likeness (QED) is 0.0525. The number of hydrogen-bond acceptors (Lipinski definition) is 11. The highest BCUT2D eigenvalue weighted by Gasteiger charge is 2.64. The highest BCUT2D eigenvalue weighted by atomic mass is 32.2. The molecule has 0 radical (unpaired) electrons. The Bertz CT molecular complexity index is 4990. The van der Waals surface area contributed by atoms with Gasteiger partial charge in [-0.3, -0.25) is 0 Å². The second-order valence-electron chi connectivity index (χ2n) is 30.3. The van der Waals surface area contributed by atoms with E-state index in [9.17, 15) is 21.6 Å². The van der Waals surface area contributed by atoms with E-state index in [4.69, 9.17) is 27.9 Å². The van der Waals surface area contributed by atoms with Gasteiger partial charge in [-0.15, -0.1) is 0 Å². The zero-order chi connectivity index (χ0) is 77.2. The van der Waals surface area contributed by atoms with Crippen LogP contribution in [0.25, 0.3) is 66.8 Å². The molecule has 3 fully saturated rings. The summed E-state index contributed by atoms with van der Waals surface area (Å²) in [5.41, 5.74) is 11.5. The van der Waals surface area contributed by atoms with Crippen LogP contribution >= 0.6 is 0 Å². The summed E-state index contributed by atoms with van der Waals surface area (Å²) in [5, 5.41) is 0. The van der Waals surface area contributed by atoms with Crippen molar-refractivity contribution in [1.29, 1.82) is 0 Å². The lowest BCUT2D eigenvalue weighted by Crippen LogP contribution is -2.41. The summed E-state index contributed by atoms with van der Waals surface area (Å²) in [6.45, 7) is 24.6. The first-order valence-electron chi connectivity index (χ1n) is 36.6. The summed E-state index contributed by atoms with van der Waals surface area (Å²) in [4.78, 5) is 4.40. The average molecular weight is 1480 g/mol. The topological polar surface area (TPSA) is 105 Å². The number of rotatable bonds is 16. The summed E-state index contributed by atoms with van der Waals surface area (Å²) < 4.78 is 103. The lowest BCUT2D eigenvalue weighted by molar-refractivity contribution is -0.0500. The molecule has 3 aliphatic heterocycles. The van der Waals surface area contributed by atoms with Crippen molar-refractivity contribution >= 4 is 70.8 Å². The maximum absolute atomic E-state index is 13.0. The van der Waals surface area contributed by atoms with E-state index < -0.39 is 53.7 Å². The fourth-order valence-electron chi connectivity index (χ4n) is 13.2. The molecule has 3 saturated heterocycles. The Labute approximate surface area is 640 Å². The summed E-state index contributed by atoms with van der Waals surface area (Å²) in [6.07, 6.45) is 0. The third kappa shape index (κ3) is 16.5. The molecule has 15 rings (SSSR count). The van der Waals surface area contributed by atoms with Gasteiger partial charge in [0.1, 0.15) is 5.75 Å². The molecule has 0 amide bonds. The largest absolute Gasteiger partial charge is 0.534 e. The van der Waals surface area contributed by atoms with Crippen molar-refractivity contribution in [1.82, 2.24) is 0 Å². The lowest BCUT2D eigenvalue weighted by atomic mass is 9.49. The van der Waals surface area contributed by atoms with Gasteiger partial charge >= 0.3 is 36.8 Å². The van der Waals surface area contributed by atoms with Crippen LogP contribution in [-0.2, 0) is 38.0 Å². The van der Waals surface area contributed by atoms with Crippen LogP contribution in [-0.4, -0.2) is 68.7 Å². The van der Waals surface area contributed by atoms with E-state index in [-0.39, 0.29) is 22.4 Å². The van der Waals surface area contributed by atoms with Crippen molar-refractivity contribution < 1.29 is 53.7 Å². The average Bonchev–Trinajstić information content (AvgIpc) is 1.67. The fourth-order valence-corrected chi connectivity index (χ4v) is 13.7. The smallest absolute Gasteiger partial charge is 0.405 e. The second-order valence-corrected chi connectivity index (χ2v) is 31.8. The van der Waals surface area contributed by atoms with Crippen molar-refractivity contribution in [2.24, 2.45) is 0 Å². The van der Waals surface area contributed by atoms with E-state index >= 15 is 0 Å². The molecular weight excluding hydrogens is 1390 g/mol. The molecule has 12 aromatic carbocycles. The van der Waals surface area contributed by atoms with Crippen LogP contribution in [0.5, 0.6) is 5.75 Å². The summed E-state index contributed by atoms with van der Waals surface area (Å²) >= 11 is 0. The molecule has 3 aliphatic rings. The van der Waals surface area contributed by atoms with Crippen molar-refractivity contribution in [3.8, 4) is 72.5 Å². The monoisotopic (exact) mass is 1470 g/mol. The first-order valence-corrected chi connectivity index (χ1v) is 38.0. The van der Waals surface area contributed by atoms with Crippen LogP contribution in [0.3, 0.4) is 0 Å². The van der Waals surface area contributed by atoms with Gasteiger partial charge in [0.25, 0.3) is 0 Å². The third-order valence-corrected chi connectivity index (χ3v) is 22.3. The predicted molar refractivity (Wildman–Crippen MR) is 438 cm³/mol. The Morgan fingerprint density at radius 3 is 0.780 bits per heavy atom. The minimum atomic E-state index is -5.82. The van der Waals surface area contributed by atoms with E-state index in [1.54, 1.807) is 12.1 Å². The highest BCUT2D eigenvalue weighted by molar-refractivity contribution is 7.88. The molecule has 18 heteroatoms. The van der Waals surface area contributed by atoms with Gasteiger partial charge in [-0.1, -0.05) is 255 Å². The Balaban J connectivity index is 0.000000157. The van der Waals surface area contributed by atoms with Crippen LogP contribution in [0.4, 0.5) is 47.3 Å². The summed E-state index contributed by atoms with van der Waals surface area (Å²) in [6, 6.07) is 105. The maximum Gasteiger partial charge on any atom is 0.534 e. The van der Waals surface area contributed by atoms with Crippen LogP contribution in [0.15, 0.2) is 315 Å². The van der Waals surface area contributed by atoms with E-state index in [2.05, 4.69) is 195 Å². The Morgan fingerprint density at radius 1 is 0.284 bits per heavy atom. The maximum atomic E-state index is 13.0. The molecule has 552 valence electrons. The number of hydrogen-bond donors (Lipinski definition) is 0. The normalized spacial score (nSPS) is 16.4. The fraction of sp³-hybridized carbons (Fsp3) is 0.209. The second kappa shape index (κ2) is 31.0. The van der Waals surface area contributed by atoms with Gasteiger partial charge in [0.15, 0.2) is 0 Å². The van der Waals surface area contributed by atoms with E-state index in [1.165, 1.54) is 23.3 Å². The molecule has 0 aromatic heterocycles. The van der Waals surface area contributed by atoms with Gasteiger partial charge < -0.3 is 41.9 Å². The standard InChI is InChI=1S/C42H38BNO2.C37H26F3NO3S.C12H24B2O4/c1-41(2)42(3,4)46-43(45-41)35-25-29-37(30-26-35)44(36-27-23-32(24-28-36)31-15-8-5-9-16-31)40-38(33-17-10-6-11-18-33)21-14-22-39(40)34-19-12-7-13-20-34;38-37(39,40)45(42,43)44-33-25-23-32(24-26-33)41(31-21-19-28(20-22-31)27-11-4-1-5-12-27)36-34(29-13-6-2-7-14-29)17-10-18-35(36)30-15-8-3-9-16-30;1-9(2)10(3,4)16-13(15-9)14-17-11(5,6)12(7,8)18-14/h5-30H,1-4H3;1-26H;1-8H3. The molecule has 0 unspecified atom stereocenters. The molecule has 11 nitrogen and oxygen atoms in total. The minimum Gasteiger partial charge on any atom is -0.405 e. The number of para-hydroxylation sites is 2. The molecule has 0 bridgehead atoms. The molecular formula is C91H88B3F3N2O9S. The molecule has 0 N–H and O–H groups in total. The first-order chi connectivity index (χ1) is 51.9. The van der Waals surface area contributed by atoms with Gasteiger partial charge in [-0.2, -0.15) is 21.6 Å². The van der Waals surface area contributed by atoms with Gasteiger partial charge in [0.2, 0.25) is 0 Å². The number of anilines is 6. The van der Waals surface area contributed by atoms with Gasteiger partial charge in [0.05, 0.1) is 45.0 Å². The number of alkyl halides is 3. The molecule has 109 heavy (non-hydrogen) atoms. The zero-order valence-corrected chi connectivity index (χ0v) is 64.2. The molecule has 0 spiro atoms. The molecule has 0 aliphatic carbocycles. The zero-order valence-electron chi connectivity index (χ0n) is 63.4. The minimum absolute atomic E-state index is 0.360. The molecule has 12 aromatic rings. The third-order valence-electron chi connectivity index (χ3n) is 21.3. The first kappa shape index (κ1) is 76.9. The van der Waals surface area contributed by atoms with Crippen molar-refractivity contribution in [2.45, 2.75) is 122 Å². The highest BCUT2D eigenvalue weighted by Crippen LogP contribution is 2.50. The SMILES string of the molecule is CC1(C)OB(B2OC(C)(C)C(C)(C)O2)OC1(C)C.CC1(C)OB(c2ccc(N(c3ccc(-c4ccccc4)cc3)c3c(-c4ccccc4)cccc3-c3ccccc3)cc2)OC1(C)C.O=S(=O)(Oc1ccc(N(c2ccc(-c3ccccc3)cc2)c2c(-c3ccccc3)cccc2-c2ccccc2)cc1)C(F)(F)F. The van der Waals surface area contributed by atoms with Crippen molar-refractivity contribution in [2.75, 3.05) is 9.80 Å². The molecule has 0 saturated carbocycles. The van der Waals surface area contributed by atoms with E-state index in [1.807, 2.05) is 194 Å².